The lowest BCUT2D eigenvalue weighted by Gasteiger charge is -2.32. The highest BCUT2D eigenvalue weighted by Crippen LogP contribution is 2.37. The number of sulfone groups is 2. The summed E-state index contributed by atoms with van der Waals surface area (Å²) in [5, 5.41) is 3.01. The Bertz CT molecular complexity index is 3640. The molecule has 1 aliphatic heterocycles. The quantitative estimate of drug-likeness (QED) is 0.0642. The van der Waals surface area contributed by atoms with Gasteiger partial charge in [0.15, 0.2) is 31.2 Å². The molecular formula is C50H46BClF4N4O8S2. The van der Waals surface area contributed by atoms with Gasteiger partial charge in [-0.1, -0.05) is 37.6 Å². The third kappa shape index (κ3) is 9.86. The number of fused-ring (bicyclic) bond motifs is 6. The van der Waals surface area contributed by atoms with Crippen LogP contribution >= 0.6 is 11.6 Å². The van der Waals surface area contributed by atoms with Gasteiger partial charge in [-0.05, 0) is 101 Å². The average Bonchev–Trinajstić information content (AvgIpc) is 3.91. The standard InChI is InChI=1S/C28H29BF2N2O5S.C22H17ClF2N2O3S/c1-6-11-39(35,36)15-17-7-9-21(30)23(24(17)31)25(34)16-8-10-22-19(12-16)20-13-18(14-32-26(20)33-22)29-37-27(2,3)28(4,5)38-29;1-2-7-31(29,30)11-13-3-5-17(24)19(20(13)25)21(28)12-4-6-18-15(8-12)16-9-14(23)10-26-22(16)27-18/h7-10,12-14H,6,11,15H2,1-5H3,(H,32,33);3-6,8-10H,2,7,11H2,1H3,(H,26,27). The molecule has 0 saturated carbocycles. The molecule has 12 nitrogen and oxygen atoms in total. The predicted molar refractivity (Wildman–Crippen MR) is 263 cm³/mol. The van der Waals surface area contributed by atoms with Gasteiger partial charge >= 0.3 is 7.12 Å². The van der Waals surface area contributed by atoms with Crippen LogP contribution < -0.4 is 5.46 Å². The summed E-state index contributed by atoms with van der Waals surface area (Å²) in [6, 6.07) is 16.7. The number of carbonyl (C=O) groups is 2. The van der Waals surface area contributed by atoms with E-state index >= 15 is 8.78 Å². The SMILES string of the molecule is CCCS(=O)(=O)Cc1ccc(F)c(C(=O)c2ccc3[nH]c4ncc(B5OC(C)(C)C(C)(C)O5)cc4c3c2)c1F.CCCS(=O)(=O)Cc1ccc(F)c(C(=O)c2ccc3[nH]c4ncc(Cl)cc4c3c2)c1F. The lowest BCUT2D eigenvalue weighted by atomic mass is 9.80. The van der Waals surface area contributed by atoms with E-state index in [9.17, 15) is 35.2 Å². The lowest BCUT2D eigenvalue weighted by Crippen LogP contribution is -2.41. The Morgan fingerprint density at radius 3 is 1.49 bits per heavy atom. The van der Waals surface area contributed by atoms with Gasteiger partial charge in [-0.15, -0.1) is 0 Å². The Balaban J connectivity index is 0.000000193. The molecule has 4 aromatic heterocycles. The maximum Gasteiger partial charge on any atom is 0.496 e. The number of hydrogen-bond donors (Lipinski definition) is 2. The maximum absolute atomic E-state index is 15.3. The van der Waals surface area contributed by atoms with E-state index in [1.807, 2.05) is 33.8 Å². The highest BCUT2D eigenvalue weighted by molar-refractivity contribution is 7.90. The molecule has 0 aliphatic carbocycles. The molecule has 4 aromatic carbocycles. The highest BCUT2D eigenvalue weighted by atomic mass is 35.5. The Hall–Kier alpha value is -5.99. The van der Waals surface area contributed by atoms with Crippen molar-refractivity contribution >= 4 is 99.3 Å². The minimum absolute atomic E-state index is 0.0517. The number of pyridine rings is 2. The number of ketones is 2. The fraction of sp³-hybridized carbons (Fsp3) is 0.280. The summed E-state index contributed by atoms with van der Waals surface area (Å²) in [6.07, 6.45) is 3.88. The average molecular weight is 1020 g/mol. The largest absolute Gasteiger partial charge is 0.496 e. The van der Waals surface area contributed by atoms with Crippen molar-refractivity contribution in [2.24, 2.45) is 0 Å². The minimum atomic E-state index is -3.60. The van der Waals surface area contributed by atoms with Gasteiger partial charge in [-0.25, -0.2) is 44.4 Å². The fourth-order valence-electron chi connectivity index (χ4n) is 8.29. The molecule has 8 aromatic rings. The van der Waals surface area contributed by atoms with Gasteiger partial charge in [0.1, 0.15) is 34.6 Å². The number of aromatic amines is 2. The zero-order chi connectivity index (χ0) is 50.7. The van der Waals surface area contributed by atoms with Crippen LogP contribution in [0.4, 0.5) is 17.6 Å². The van der Waals surface area contributed by atoms with Gasteiger partial charge in [0.25, 0.3) is 0 Å². The molecule has 0 spiro atoms. The van der Waals surface area contributed by atoms with E-state index in [0.717, 1.165) is 24.3 Å². The van der Waals surface area contributed by atoms with E-state index in [2.05, 4.69) is 19.9 Å². The molecule has 0 unspecified atom stereocenters. The molecule has 20 heteroatoms. The van der Waals surface area contributed by atoms with Gasteiger partial charge in [0.2, 0.25) is 0 Å². The summed E-state index contributed by atoms with van der Waals surface area (Å²) >= 11 is 6.02. The summed E-state index contributed by atoms with van der Waals surface area (Å²) in [4.78, 5) is 41.3. The summed E-state index contributed by atoms with van der Waals surface area (Å²) in [5.41, 5.74) is 0.180. The molecule has 5 heterocycles. The molecule has 1 saturated heterocycles. The first kappa shape index (κ1) is 50.4. The van der Waals surface area contributed by atoms with Crippen LogP contribution in [0, 0.1) is 23.3 Å². The number of rotatable bonds is 13. The molecule has 0 bridgehead atoms. The first-order chi connectivity index (χ1) is 32.9. The number of halogens is 5. The zero-order valence-electron chi connectivity index (χ0n) is 38.8. The normalized spacial score (nSPS) is 14.7. The number of carbonyl (C=O) groups excluding carboxylic acids is 2. The van der Waals surface area contributed by atoms with E-state index in [0.29, 0.717) is 67.2 Å². The number of nitrogens with one attached hydrogen (secondary N) is 2. The third-order valence-electron chi connectivity index (χ3n) is 12.5. The van der Waals surface area contributed by atoms with Crippen molar-refractivity contribution in [3.63, 3.8) is 0 Å². The van der Waals surface area contributed by atoms with Crippen LogP contribution in [-0.4, -0.2) is 78.2 Å². The summed E-state index contributed by atoms with van der Waals surface area (Å²) < 4.78 is 121. The monoisotopic (exact) mass is 1020 g/mol. The van der Waals surface area contributed by atoms with Crippen LogP contribution in [-0.2, 0) is 40.5 Å². The smallest absolute Gasteiger partial charge is 0.399 e. The van der Waals surface area contributed by atoms with Crippen molar-refractivity contribution in [2.45, 2.75) is 77.1 Å². The second-order valence-corrected chi connectivity index (χ2v) is 23.0. The summed E-state index contributed by atoms with van der Waals surface area (Å²) in [7, 11) is -7.82. The first-order valence-corrected chi connectivity index (χ1v) is 26.2. The molecule has 0 radical (unpaired) electrons. The van der Waals surface area contributed by atoms with E-state index < -0.39 is 95.5 Å². The number of benzene rings is 4. The molecule has 70 heavy (non-hydrogen) atoms. The second kappa shape index (κ2) is 19.0. The van der Waals surface area contributed by atoms with Gasteiger partial charge in [0.05, 0.1) is 50.4 Å². The van der Waals surface area contributed by atoms with E-state index in [1.165, 1.54) is 24.4 Å². The molecule has 9 rings (SSSR count). The number of nitrogens with zero attached hydrogens (tertiary/aromatic N) is 2. The minimum Gasteiger partial charge on any atom is -0.399 e. The molecule has 0 amide bonds. The van der Waals surface area contributed by atoms with Crippen molar-refractivity contribution in [3.8, 4) is 0 Å². The van der Waals surface area contributed by atoms with Crippen LogP contribution in [0.15, 0.2) is 85.2 Å². The van der Waals surface area contributed by atoms with Crippen molar-refractivity contribution < 1.29 is 53.3 Å². The van der Waals surface area contributed by atoms with Crippen LogP contribution in [0.3, 0.4) is 0 Å². The molecule has 0 atom stereocenters. The van der Waals surface area contributed by atoms with Gasteiger partial charge < -0.3 is 19.3 Å². The fourth-order valence-corrected chi connectivity index (χ4v) is 11.4. The lowest BCUT2D eigenvalue weighted by molar-refractivity contribution is 0.00578. The number of H-pyrrole nitrogens is 2. The molecule has 2 N–H and O–H groups in total. The van der Waals surface area contributed by atoms with Crippen molar-refractivity contribution in [2.75, 3.05) is 11.5 Å². The Kier molecular flexibility index (Phi) is 13.7. The zero-order valence-corrected chi connectivity index (χ0v) is 41.2. The summed E-state index contributed by atoms with van der Waals surface area (Å²) in [6.45, 7) is 11.2. The van der Waals surface area contributed by atoms with Crippen molar-refractivity contribution in [1.29, 1.82) is 0 Å². The van der Waals surface area contributed by atoms with Gasteiger partial charge in [0, 0.05) is 72.7 Å². The Morgan fingerprint density at radius 1 is 0.614 bits per heavy atom. The molecule has 1 fully saturated rings. The Labute approximate surface area is 406 Å². The van der Waals surface area contributed by atoms with Crippen LogP contribution in [0.2, 0.25) is 5.02 Å². The maximum atomic E-state index is 15.3. The topological polar surface area (TPSA) is 178 Å². The van der Waals surface area contributed by atoms with Crippen molar-refractivity contribution in [3.05, 3.63) is 147 Å². The first-order valence-electron chi connectivity index (χ1n) is 22.2. The number of hydrogen-bond acceptors (Lipinski definition) is 10. The molecule has 1 aliphatic rings. The Morgan fingerprint density at radius 2 is 1.04 bits per heavy atom. The van der Waals surface area contributed by atoms with E-state index in [-0.39, 0.29) is 33.8 Å². The van der Waals surface area contributed by atoms with Gasteiger partial charge in [-0.2, -0.15) is 0 Å². The van der Waals surface area contributed by atoms with E-state index in [1.54, 1.807) is 44.3 Å². The van der Waals surface area contributed by atoms with Gasteiger partial charge in [-0.3, -0.25) is 9.59 Å². The predicted octanol–water partition coefficient (Wildman–Crippen LogP) is 10.1. The van der Waals surface area contributed by atoms with Crippen LogP contribution in [0.5, 0.6) is 0 Å². The second-order valence-electron chi connectivity index (χ2n) is 18.2. The van der Waals surface area contributed by atoms with E-state index in [4.69, 9.17) is 20.9 Å². The summed E-state index contributed by atoms with van der Waals surface area (Å²) in [5.74, 6) is -7.66. The van der Waals surface area contributed by atoms with Crippen LogP contribution in [0.1, 0.15) is 97.4 Å². The number of aromatic nitrogens is 4. The molecule has 364 valence electrons. The molecular weight excluding hydrogens is 971 g/mol. The van der Waals surface area contributed by atoms with Crippen LogP contribution in [0.25, 0.3) is 43.9 Å². The highest BCUT2D eigenvalue weighted by Gasteiger charge is 2.52. The van der Waals surface area contributed by atoms with Crippen molar-refractivity contribution in [1.82, 2.24) is 19.9 Å². The third-order valence-corrected chi connectivity index (χ3v) is 16.3.